The van der Waals surface area contributed by atoms with E-state index in [-0.39, 0.29) is 5.91 Å². The van der Waals surface area contributed by atoms with Gasteiger partial charge in [0.2, 0.25) is 5.91 Å². The maximum Gasteiger partial charge on any atom is 0.233 e. The molecule has 5 heteroatoms. The molecule has 0 saturated carbocycles. The third kappa shape index (κ3) is 2.10. The first-order valence-electron chi connectivity index (χ1n) is 6.49. The van der Waals surface area contributed by atoms with E-state index in [2.05, 4.69) is 26.9 Å². The van der Waals surface area contributed by atoms with Gasteiger partial charge in [-0.2, -0.15) is 0 Å². The number of carbonyl (C=O) groups is 1. The molecule has 2 aliphatic rings. The summed E-state index contributed by atoms with van der Waals surface area (Å²) in [6.45, 7) is 1.73. The number of benzene rings is 1. The van der Waals surface area contributed by atoms with Crippen molar-refractivity contribution in [3.05, 3.63) is 24.3 Å². The number of alkyl halides is 1. The molecule has 1 aromatic rings. The lowest BCUT2D eigenvalue weighted by Gasteiger charge is -2.36. The van der Waals surface area contributed by atoms with Crippen molar-refractivity contribution in [2.24, 2.45) is 0 Å². The van der Waals surface area contributed by atoms with Crippen LogP contribution in [-0.2, 0) is 4.79 Å². The molecule has 3 rings (SSSR count). The third-order valence-electron chi connectivity index (χ3n) is 4.07. The highest BCUT2D eigenvalue weighted by Crippen LogP contribution is 2.38. The van der Waals surface area contributed by atoms with Crippen molar-refractivity contribution in [3.63, 3.8) is 0 Å². The molecule has 2 atom stereocenters. The summed E-state index contributed by atoms with van der Waals surface area (Å²) in [7, 11) is 1.70. The molecular formula is C14H17BrN2O2. The lowest BCUT2D eigenvalue weighted by Crippen LogP contribution is -2.49. The van der Waals surface area contributed by atoms with Gasteiger partial charge in [-0.15, -0.1) is 0 Å². The van der Waals surface area contributed by atoms with E-state index in [4.69, 9.17) is 4.74 Å². The zero-order valence-electron chi connectivity index (χ0n) is 10.9. The molecule has 2 heterocycles. The second-order valence-electron chi connectivity index (χ2n) is 5.05. The minimum atomic E-state index is 0.201. The number of likely N-dealkylation sites (tertiary alicyclic amines) is 1. The number of hydrogen-bond acceptors (Lipinski definition) is 3. The van der Waals surface area contributed by atoms with Crippen LogP contribution in [-0.4, -0.2) is 48.4 Å². The second-order valence-corrected chi connectivity index (χ2v) is 5.61. The van der Waals surface area contributed by atoms with Gasteiger partial charge in [0.15, 0.2) is 0 Å². The third-order valence-corrected chi connectivity index (χ3v) is 4.55. The van der Waals surface area contributed by atoms with Crippen LogP contribution in [0.1, 0.15) is 6.42 Å². The molecule has 4 nitrogen and oxygen atoms in total. The lowest BCUT2D eigenvalue weighted by molar-refractivity contribution is -0.129. The van der Waals surface area contributed by atoms with Crippen LogP contribution >= 0.6 is 15.9 Å². The predicted octanol–water partition coefficient (Wildman–Crippen LogP) is 1.88. The maximum atomic E-state index is 11.8. The summed E-state index contributed by atoms with van der Waals surface area (Å²) in [5.41, 5.74) is 1.14. The van der Waals surface area contributed by atoms with E-state index >= 15 is 0 Å². The number of nitrogens with zero attached hydrogens (tertiary/aromatic N) is 2. The standard InChI is InChI=1S/C14H17BrN2O2/c1-19-13-5-3-2-4-12(13)16-8-11-6-10(16)9-17(11)14(18)7-15/h2-5,10-11H,6-9H2,1H3/t10-,11-/m0/s1. The molecule has 0 spiro atoms. The van der Waals surface area contributed by atoms with E-state index in [1.54, 1.807) is 7.11 Å². The highest BCUT2D eigenvalue weighted by molar-refractivity contribution is 9.09. The summed E-state index contributed by atoms with van der Waals surface area (Å²) in [5, 5.41) is 0.422. The first kappa shape index (κ1) is 12.8. The molecule has 19 heavy (non-hydrogen) atoms. The van der Waals surface area contributed by atoms with E-state index in [9.17, 15) is 4.79 Å². The van der Waals surface area contributed by atoms with E-state index in [1.807, 2.05) is 23.1 Å². The van der Waals surface area contributed by atoms with Crippen LogP contribution in [0.25, 0.3) is 0 Å². The quantitative estimate of drug-likeness (QED) is 0.796. The zero-order valence-corrected chi connectivity index (χ0v) is 12.5. The normalized spacial score (nSPS) is 24.9. The predicted molar refractivity (Wildman–Crippen MR) is 78.0 cm³/mol. The van der Waals surface area contributed by atoms with Crippen LogP contribution in [0.3, 0.4) is 0 Å². The number of ether oxygens (including phenoxy) is 1. The highest BCUT2D eigenvalue weighted by atomic mass is 79.9. The van der Waals surface area contributed by atoms with Crippen LogP contribution < -0.4 is 9.64 Å². The number of rotatable bonds is 3. The Morgan fingerprint density at radius 2 is 2.16 bits per heavy atom. The number of hydrogen-bond donors (Lipinski definition) is 0. The molecule has 2 bridgehead atoms. The van der Waals surface area contributed by atoms with E-state index in [0.717, 1.165) is 30.9 Å². The Hall–Kier alpha value is -1.23. The molecule has 0 N–H and O–H groups in total. The first-order valence-corrected chi connectivity index (χ1v) is 7.62. The molecule has 102 valence electrons. The zero-order chi connectivity index (χ0) is 13.4. The van der Waals surface area contributed by atoms with Crippen LogP contribution in [0.5, 0.6) is 5.75 Å². The summed E-state index contributed by atoms with van der Waals surface area (Å²) in [6, 6.07) is 8.87. The molecule has 1 amide bonds. The number of piperazine rings is 1. The number of methoxy groups -OCH3 is 1. The molecule has 2 saturated heterocycles. The van der Waals surface area contributed by atoms with Crippen molar-refractivity contribution >= 4 is 27.5 Å². The Balaban J connectivity index is 1.79. The minimum Gasteiger partial charge on any atom is -0.495 e. The lowest BCUT2D eigenvalue weighted by atomic mass is 10.2. The Morgan fingerprint density at radius 1 is 1.37 bits per heavy atom. The van der Waals surface area contributed by atoms with Crippen molar-refractivity contribution in [1.82, 2.24) is 4.90 Å². The van der Waals surface area contributed by atoms with Gasteiger partial charge in [-0.05, 0) is 18.6 Å². The number of amides is 1. The van der Waals surface area contributed by atoms with Crippen LogP contribution in [0, 0.1) is 0 Å². The molecule has 2 fully saturated rings. The smallest absolute Gasteiger partial charge is 0.233 e. The van der Waals surface area contributed by atoms with Crippen LogP contribution in [0.15, 0.2) is 24.3 Å². The first-order chi connectivity index (χ1) is 9.24. The molecular weight excluding hydrogens is 308 g/mol. The monoisotopic (exact) mass is 324 g/mol. The summed E-state index contributed by atoms with van der Waals surface area (Å²) in [4.78, 5) is 16.2. The van der Waals surface area contributed by atoms with Crippen molar-refractivity contribution < 1.29 is 9.53 Å². The number of anilines is 1. The van der Waals surface area contributed by atoms with Crippen molar-refractivity contribution in [2.45, 2.75) is 18.5 Å². The van der Waals surface area contributed by atoms with Gasteiger partial charge in [0.25, 0.3) is 0 Å². The minimum absolute atomic E-state index is 0.201. The number of carbonyl (C=O) groups excluding carboxylic acids is 1. The highest BCUT2D eigenvalue weighted by Gasteiger charge is 2.45. The average molecular weight is 325 g/mol. The summed E-state index contributed by atoms with van der Waals surface area (Å²) in [6.07, 6.45) is 1.07. The Kier molecular flexibility index (Phi) is 3.39. The number of fused-ring (bicyclic) bond motifs is 2. The van der Waals surface area contributed by atoms with Gasteiger partial charge in [-0.25, -0.2) is 0 Å². The molecule has 0 aliphatic carbocycles. The average Bonchev–Trinajstić information content (AvgIpc) is 3.06. The van der Waals surface area contributed by atoms with Gasteiger partial charge in [0, 0.05) is 19.1 Å². The maximum absolute atomic E-state index is 11.8. The molecule has 0 aromatic heterocycles. The topological polar surface area (TPSA) is 32.8 Å². The molecule has 0 radical (unpaired) electrons. The Labute approximate surface area is 121 Å². The van der Waals surface area contributed by atoms with Crippen LogP contribution in [0.2, 0.25) is 0 Å². The van der Waals surface area contributed by atoms with Gasteiger partial charge < -0.3 is 14.5 Å². The summed E-state index contributed by atoms with van der Waals surface area (Å²) < 4.78 is 5.43. The fourth-order valence-electron chi connectivity index (χ4n) is 3.21. The van der Waals surface area contributed by atoms with Gasteiger partial charge in [0.1, 0.15) is 5.75 Å². The Bertz CT molecular complexity index is 494. The molecule has 2 aliphatic heterocycles. The largest absolute Gasteiger partial charge is 0.495 e. The van der Waals surface area contributed by atoms with E-state index in [1.165, 1.54) is 0 Å². The molecule has 0 unspecified atom stereocenters. The van der Waals surface area contributed by atoms with Gasteiger partial charge in [-0.3, -0.25) is 4.79 Å². The van der Waals surface area contributed by atoms with E-state index < -0.39 is 0 Å². The van der Waals surface area contributed by atoms with Gasteiger partial charge in [-0.1, -0.05) is 28.1 Å². The van der Waals surface area contributed by atoms with Crippen molar-refractivity contribution in [1.29, 1.82) is 0 Å². The SMILES string of the molecule is COc1ccccc1N1C[C@@H]2C[C@H]1CN2C(=O)CBr. The number of halogens is 1. The summed E-state index contributed by atoms with van der Waals surface area (Å²) >= 11 is 3.25. The fraction of sp³-hybridized carbons (Fsp3) is 0.500. The number of para-hydroxylation sites is 2. The van der Waals surface area contributed by atoms with Crippen LogP contribution in [0.4, 0.5) is 5.69 Å². The van der Waals surface area contributed by atoms with E-state index in [0.29, 0.717) is 17.4 Å². The van der Waals surface area contributed by atoms with Crippen molar-refractivity contribution in [3.8, 4) is 5.75 Å². The Morgan fingerprint density at radius 3 is 2.79 bits per heavy atom. The fourth-order valence-corrected chi connectivity index (χ4v) is 3.53. The van der Waals surface area contributed by atoms with Gasteiger partial charge >= 0.3 is 0 Å². The van der Waals surface area contributed by atoms with Crippen molar-refractivity contribution in [2.75, 3.05) is 30.4 Å². The molecule has 1 aromatic carbocycles. The summed E-state index contributed by atoms with van der Waals surface area (Å²) in [5.74, 6) is 1.11. The van der Waals surface area contributed by atoms with Gasteiger partial charge in [0.05, 0.1) is 24.2 Å². The second kappa shape index (κ2) is 5.04.